The molecule has 1 heterocycles. The molecule has 2 aliphatic rings. The van der Waals surface area contributed by atoms with E-state index in [9.17, 15) is 8.42 Å². The van der Waals surface area contributed by atoms with Gasteiger partial charge in [-0.25, -0.2) is 8.42 Å². The van der Waals surface area contributed by atoms with Gasteiger partial charge in [0.15, 0.2) is 15.8 Å². The fourth-order valence-corrected chi connectivity index (χ4v) is 5.01. The number of hydrogen-bond donors (Lipinski definition) is 2. The fraction of sp³-hybridized carbons (Fsp3) is 0.941. The minimum absolute atomic E-state index is 0. The van der Waals surface area contributed by atoms with Crippen molar-refractivity contribution in [2.45, 2.75) is 71.6 Å². The van der Waals surface area contributed by atoms with Crippen molar-refractivity contribution in [3.05, 3.63) is 0 Å². The Morgan fingerprint density at radius 3 is 2.52 bits per heavy atom. The first-order valence-electron chi connectivity index (χ1n) is 9.18. The number of nitrogens with one attached hydrogen (secondary N) is 2. The number of rotatable bonds is 7. The van der Waals surface area contributed by atoms with Gasteiger partial charge in [0, 0.05) is 30.7 Å². The highest BCUT2D eigenvalue weighted by atomic mass is 127. The molecule has 0 radical (unpaired) electrons. The summed E-state index contributed by atoms with van der Waals surface area (Å²) < 4.78 is 29.2. The normalized spacial score (nSPS) is 30.2. The van der Waals surface area contributed by atoms with Gasteiger partial charge in [-0.2, -0.15) is 0 Å². The summed E-state index contributed by atoms with van der Waals surface area (Å²) in [4.78, 5) is 4.48. The van der Waals surface area contributed by atoms with Gasteiger partial charge in [0.2, 0.25) is 0 Å². The maximum absolute atomic E-state index is 11.6. The zero-order valence-electron chi connectivity index (χ0n) is 15.9. The zero-order chi connectivity index (χ0) is 17.8. The largest absolute Gasteiger partial charge is 0.378 e. The maximum Gasteiger partial charge on any atom is 0.191 e. The third kappa shape index (κ3) is 6.23. The molecule has 1 saturated carbocycles. The van der Waals surface area contributed by atoms with E-state index in [2.05, 4.69) is 36.4 Å². The number of aliphatic imine (C=N–C) groups is 1. The van der Waals surface area contributed by atoms with Gasteiger partial charge in [0.25, 0.3) is 0 Å². The van der Waals surface area contributed by atoms with Gasteiger partial charge >= 0.3 is 0 Å². The molecule has 2 N–H and O–H groups in total. The lowest BCUT2D eigenvalue weighted by molar-refractivity contribution is -0.113. The molecule has 148 valence electrons. The van der Waals surface area contributed by atoms with Crippen LogP contribution in [0.1, 0.15) is 53.4 Å². The first-order valence-corrected chi connectivity index (χ1v) is 11.0. The van der Waals surface area contributed by atoms with Crippen molar-refractivity contribution < 1.29 is 13.2 Å². The molecule has 3 unspecified atom stereocenters. The van der Waals surface area contributed by atoms with Crippen molar-refractivity contribution in [2.24, 2.45) is 10.4 Å². The Morgan fingerprint density at radius 1 is 1.28 bits per heavy atom. The van der Waals surface area contributed by atoms with E-state index in [1.165, 1.54) is 0 Å². The molecule has 0 aromatic heterocycles. The molecular weight excluding hydrogens is 453 g/mol. The minimum Gasteiger partial charge on any atom is -0.378 e. The summed E-state index contributed by atoms with van der Waals surface area (Å²) in [6.45, 7) is 10.1. The van der Waals surface area contributed by atoms with Gasteiger partial charge in [0.05, 0.1) is 17.6 Å². The smallest absolute Gasteiger partial charge is 0.191 e. The molecular formula is C17H34IN3O3S. The molecule has 0 bridgehead atoms. The predicted molar refractivity (Wildman–Crippen MR) is 114 cm³/mol. The second-order valence-electron chi connectivity index (χ2n) is 7.53. The molecule has 3 atom stereocenters. The first kappa shape index (κ1) is 23.0. The van der Waals surface area contributed by atoms with Crippen molar-refractivity contribution in [3.63, 3.8) is 0 Å². The zero-order valence-corrected chi connectivity index (χ0v) is 19.0. The van der Waals surface area contributed by atoms with Crippen molar-refractivity contribution >= 4 is 39.8 Å². The molecule has 1 saturated heterocycles. The Hall–Kier alpha value is -0.0900. The number of unbranched alkanes of at least 4 members (excludes halogenated alkanes) is 1. The Kier molecular flexibility index (Phi) is 8.93. The minimum atomic E-state index is -2.89. The SMILES string of the molecule is CCCCOC1CC(NC(=NCC)NC2CCS(=O)(=O)C2)C1(C)C.I. The second kappa shape index (κ2) is 9.73. The van der Waals surface area contributed by atoms with Gasteiger partial charge in [0.1, 0.15) is 0 Å². The average Bonchev–Trinajstić information content (AvgIpc) is 2.84. The topological polar surface area (TPSA) is 79.8 Å². The van der Waals surface area contributed by atoms with E-state index in [1.54, 1.807) is 0 Å². The number of ether oxygens (including phenoxy) is 1. The standard InChI is InChI=1S/C17H33N3O3S.HI/c1-5-7-9-23-15-11-14(17(15,3)4)20-16(18-6-2)19-13-8-10-24(21,22)12-13;/h13-15H,5-12H2,1-4H3,(H2,18,19,20);1H. The van der Waals surface area contributed by atoms with Crippen LogP contribution >= 0.6 is 24.0 Å². The van der Waals surface area contributed by atoms with Crippen molar-refractivity contribution in [2.75, 3.05) is 24.7 Å². The first-order chi connectivity index (χ1) is 11.3. The van der Waals surface area contributed by atoms with Gasteiger partial charge in [-0.1, -0.05) is 27.2 Å². The van der Waals surface area contributed by atoms with Crippen LogP contribution in [-0.2, 0) is 14.6 Å². The van der Waals surface area contributed by atoms with Crippen LogP contribution in [0.4, 0.5) is 0 Å². The molecule has 2 rings (SSSR count). The van der Waals surface area contributed by atoms with Crippen LogP contribution in [0.5, 0.6) is 0 Å². The van der Waals surface area contributed by atoms with Gasteiger partial charge in [-0.05, 0) is 26.2 Å². The molecule has 0 aromatic carbocycles. The summed E-state index contributed by atoms with van der Waals surface area (Å²) in [5.74, 6) is 1.20. The lowest BCUT2D eigenvalue weighted by atomic mass is 9.64. The molecule has 1 aliphatic carbocycles. The van der Waals surface area contributed by atoms with Crippen LogP contribution in [-0.4, -0.2) is 57.2 Å². The summed E-state index contributed by atoms with van der Waals surface area (Å²) >= 11 is 0. The average molecular weight is 487 g/mol. The maximum atomic E-state index is 11.6. The molecule has 0 amide bonds. The third-order valence-electron chi connectivity index (χ3n) is 5.20. The molecule has 8 heteroatoms. The fourth-order valence-electron chi connectivity index (χ4n) is 3.34. The van der Waals surface area contributed by atoms with Gasteiger partial charge in [-0.3, -0.25) is 4.99 Å². The van der Waals surface area contributed by atoms with Crippen LogP contribution in [0.15, 0.2) is 4.99 Å². The second-order valence-corrected chi connectivity index (χ2v) is 9.76. The van der Waals surface area contributed by atoms with Crippen LogP contribution in [0, 0.1) is 5.41 Å². The van der Waals surface area contributed by atoms with E-state index >= 15 is 0 Å². The highest BCUT2D eigenvalue weighted by molar-refractivity contribution is 14.0. The molecule has 0 aromatic rings. The number of halogens is 1. The number of sulfone groups is 1. The summed E-state index contributed by atoms with van der Waals surface area (Å²) in [6, 6.07) is 0.257. The van der Waals surface area contributed by atoms with E-state index in [0.717, 1.165) is 31.8 Å². The lowest BCUT2D eigenvalue weighted by Gasteiger charge is -2.52. The monoisotopic (exact) mass is 487 g/mol. The number of hydrogen-bond acceptors (Lipinski definition) is 4. The van der Waals surface area contributed by atoms with E-state index in [4.69, 9.17) is 4.74 Å². The van der Waals surface area contributed by atoms with Crippen molar-refractivity contribution in [3.8, 4) is 0 Å². The van der Waals surface area contributed by atoms with Gasteiger partial charge < -0.3 is 15.4 Å². The Bertz CT molecular complexity index is 551. The van der Waals surface area contributed by atoms with E-state index in [1.807, 2.05) is 6.92 Å². The molecule has 2 fully saturated rings. The van der Waals surface area contributed by atoms with E-state index < -0.39 is 9.84 Å². The summed E-state index contributed by atoms with van der Waals surface area (Å²) in [7, 11) is -2.89. The van der Waals surface area contributed by atoms with E-state index in [0.29, 0.717) is 19.0 Å². The summed E-state index contributed by atoms with van der Waals surface area (Å²) in [5, 5.41) is 6.78. The van der Waals surface area contributed by atoms with Crippen LogP contribution in [0.3, 0.4) is 0 Å². The highest BCUT2D eigenvalue weighted by Crippen LogP contribution is 2.42. The summed E-state index contributed by atoms with van der Waals surface area (Å²) in [6.07, 6.45) is 4.14. The van der Waals surface area contributed by atoms with Crippen LogP contribution < -0.4 is 10.6 Å². The Morgan fingerprint density at radius 2 is 2.00 bits per heavy atom. The van der Waals surface area contributed by atoms with Crippen molar-refractivity contribution in [1.82, 2.24) is 10.6 Å². The Balaban J connectivity index is 0.00000312. The number of nitrogens with zero attached hydrogens (tertiary/aromatic N) is 1. The Labute approximate surface area is 169 Å². The molecule has 25 heavy (non-hydrogen) atoms. The third-order valence-corrected chi connectivity index (χ3v) is 6.96. The number of guanidine groups is 1. The lowest BCUT2D eigenvalue weighted by Crippen LogP contribution is -2.64. The predicted octanol–water partition coefficient (Wildman–Crippen LogP) is 2.33. The van der Waals surface area contributed by atoms with Crippen LogP contribution in [0.25, 0.3) is 0 Å². The van der Waals surface area contributed by atoms with Crippen LogP contribution in [0.2, 0.25) is 0 Å². The van der Waals surface area contributed by atoms with Gasteiger partial charge in [-0.15, -0.1) is 24.0 Å². The molecule has 0 spiro atoms. The molecule has 6 nitrogen and oxygen atoms in total. The molecule has 1 aliphatic heterocycles. The quantitative estimate of drug-likeness (QED) is 0.250. The summed E-state index contributed by atoms with van der Waals surface area (Å²) in [5.41, 5.74) is 0.0473. The van der Waals surface area contributed by atoms with E-state index in [-0.39, 0.29) is 53.0 Å². The highest BCUT2D eigenvalue weighted by Gasteiger charge is 2.49. The van der Waals surface area contributed by atoms with Crippen molar-refractivity contribution in [1.29, 1.82) is 0 Å².